The van der Waals surface area contributed by atoms with Crippen LogP contribution < -0.4 is 19.9 Å². The second kappa shape index (κ2) is 6.33. The van der Waals surface area contributed by atoms with Gasteiger partial charge in [0, 0.05) is 17.5 Å². The molecule has 3 unspecified atom stereocenters. The van der Waals surface area contributed by atoms with Crippen molar-refractivity contribution >= 4 is 0 Å². The molecular formula is C15H23NO4. The number of ether oxygens (including phenoxy) is 4. The van der Waals surface area contributed by atoms with Gasteiger partial charge in [-0.25, -0.2) is 0 Å². The van der Waals surface area contributed by atoms with Crippen LogP contribution >= 0.6 is 0 Å². The molecule has 1 fully saturated rings. The third kappa shape index (κ3) is 2.69. The molecule has 1 saturated heterocycles. The molecule has 0 radical (unpaired) electrons. The number of hydrogen-bond acceptors (Lipinski definition) is 5. The Morgan fingerprint density at radius 1 is 1.15 bits per heavy atom. The van der Waals surface area contributed by atoms with E-state index in [0.29, 0.717) is 23.9 Å². The zero-order valence-electron chi connectivity index (χ0n) is 12.5. The fraction of sp³-hybridized carbons (Fsp3) is 0.600. The van der Waals surface area contributed by atoms with Gasteiger partial charge in [-0.15, -0.1) is 0 Å². The maximum Gasteiger partial charge on any atom is 0.203 e. The maximum atomic E-state index is 6.40. The van der Waals surface area contributed by atoms with Crippen LogP contribution in [0.3, 0.4) is 0 Å². The van der Waals surface area contributed by atoms with Crippen LogP contribution in [0.25, 0.3) is 0 Å². The third-order valence-corrected chi connectivity index (χ3v) is 3.83. The van der Waals surface area contributed by atoms with Crippen LogP contribution in [0.1, 0.15) is 24.9 Å². The van der Waals surface area contributed by atoms with E-state index in [1.807, 2.05) is 12.1 Å². The van der Waals surface area contributed by atoms with Gasteiger partial charge in [0.05, 0.1) is 34.0 Å². The van der Waals surface area contributed by atoms with Crippen LogP contribution in [0.5, 0.6) is 17.2 Å². The highest BCUT2D eigenvalue weighted by atomic mass is 16.5. The maximum absolute atomic E-state index is 6.40. The summed E-state index contributed by atoms with van der Waals surface area (Å²) >= 11 is 0. The van der Waals surface area contributed by atoms with Crippen molar-refractivity contribution in [2.45, 2.75) is 25.5 Å². The summed E-state index contributed by atoms with van der Waals surface area (Å²) in [5, 5.41) is 0. The van der Waals surface area contributed by atoms with Gasteiger partial charge >= 0.3 is 0 Å². The number of methoxy groups -OCH3 is 3. The lowest BCUT2D eigenvalue weighted by atomic mass is 9.91. The fourth-order valence-electron chi connectivity index (χ4n) is 2.74. The molecule has 1 aliphatic rings. The Bertz CT molecular complexity index is 463. The smallest absolute Gasteiger partial charge is 0.203 e. The molecule has 1 heterocycles. The van der Waals surface area contributed by atoms with Crippen LogP contribution in [-0.4, -0.2) is 34.0 Å². The first-order valence-electron chi connectivity index (χ1n) is 6.78. The predicted molar refractivity (Wildman–Crippen MR) is 76.5 cm³/mol. The average Bonchev–Trinajstić information content (AvgIpc) is 2.91. The third-order valence-electron chi connectivity index (χ3n) is 3.83. The molecule has 1 aromatic rings. The summed E-state index contributed by atoms with van der Waals surface area (Å²) in [7, 11) is 4.81. The fourth-order valence-corrected chi connectivity index (χ4v) is 2.74. The van der Waals surface area contributed by atoms with Crippen molar-refractivity contribution in [1.29, 1.82) is 0 Å². The topological polar surface area (TPSA) is 62.9 Å². The Labute approximate surface area is 120 Å². The quantitative estimate of drug-likeness (QED) is 0.896. The minimum Gasteiger partial charge on any atom is -0.493 e. The minimum absolute atomic E-state index is 0.144. The minimum atomic E-state index is -0.144. The zero-order valence-corrected chi connectivity index (χ0v) is 12.5. The largest absolute Gasteiger partial charge is 0.493 e. The van der Waals surface area contributed by atoms with Gasteiger partial charge in [-0.2, -0.15) is 0 Å². The molecule has 0 aromatic heterocycles. The second-order valence-electron chi connectivity index (χ2n) is 5.09. The summed E-state index contributed by atoms with van der Waals surface area (Å²) in [6.07, 6.45) is 1.22. The molecule has 1 aliphatic heterocycles. The molecule has 0 spiro atoms. The van der Waals surface area contributed by atoms with Gasteiger partial charge in [0.25, 0.3) is 0 Å². The average molecular weight is 281 g/mol. The number of nitrogens with two attached hydrogens (primary N) is 1. The van der Waals surface area contributed by atoms with Crippen molar-refractivity contribution < 1.29 is 18.9 Å². The van der Waals surface area contributed by atoms with Crippen LogP contribution in [-0.2, 0) is 4.74 Å². The summed E-state index contributed by atoms with van der Waals surface area (Å²) in [5.41, 5.74) is 7.32. The lowest BCUT2D eigenvalue weighted by Crippen LogP contribution is -2.22. The Morgan fingerprint density at radius 2 is 1.85 bits per heavy atom. The van der Waals surface area contributed by atoms with E-state index in [0.717, 1.165) is 12.0 Å². The second-order valence-corrected chi connectivity index (χ2v) is 5.09. The van der Waals surface area contributed by atoms with Gasteiger partial charge < -0.3 is 24.7 Å². The molecular weight excluding hydrogens is 258 g/mol. The van der Waals surface area contributed by atoms with Gasteiger partial charge in [0.15, 0.2) is 11.5 Å². The van der Waals surface area contributed by atoms with E-state index in [1.54, 1.807) is 21.3 Å². The molecule has 0 aliphatic carbocycles. The van der Waals surface area contributed by atoms with E-state index in [9.17, 15) is 0 Å². The van der Waals surface area contributed by atoms with Gasteiger partial charge in [-0.3, -0.25) is 0 Å². The Kier molecular flexibility index (Phi) is 4.73. The molecule has 112 valence electrons. The van der Waals surface area contributed by atoms with Crippen molar-refractivity contribution in [3.8, 4) is 17.2 Å². The monoisotopic (exact) mass is 281 g/mol. The summed E-state index contributed by atoms with van der Waals surface area (Å²) in [6, 6.07) is 3.65. The van der Waals surface area contributed by atoms with E-state index < -0.39 is 0 Å². The molecule has 5 heteroatoms. The zero-order chi connectivity index (χ0) is 14.7. The van der Waals surface area contributed by atoms with Crippen molar-refractivity contribution in [3.05, 3.63) is 17.7 Å². The molecule has 0 amide bonds. The number of benzene rings is 1. The highest BCUT2D eigenvalue weighted by Gasteiger charge is 2.31. The van der Waals surface area contributed by atoms with E-state index in [4.69, 9.17) is 24.7 Å². The number of hydrogen-bond donors (Lipinski definition) is 1. The number of rotatable bonds is 5. The standard InChI is InChI=1S/C15H23NO4/c1-9-7-10(8-20-9)13(16)11-5-6-12(17-2)15(19-4)14(11)18-3/h5-6,9-10,13H,7-8,16H2,1-4H3. The van der Waals surface area contributed by atoms with Crippen LogP contribution in [0, 0.1) is 5.92 Å². The summed E-state index contributed by atoms with van der Waals surface area (Å²) in [6.45, 7) is 2.75. The van der Waals surface area contributed by atoms with Gasteiger partial charge in [0.2, 0.25) is 5.75 Å². The van der Waals surface area contributed by atoms with Gasteiger partial charge in [0.1, 0.15) is 0 Å². The molecule has 3 atom stereocenters. The summed E-state index contributed by atoms with van der Waals surface area (Å²) in [5.74, 6) is 2.14. The van der Waals surface area contributed by atoms with Crippen molar-refractivity contribution in [3.63, 3.8) is 0 Å². The SMILES string of the molecule is COc1ccc(C(N)C2COC(C)C2)c(OC)c1OC. The van der Waals surface area contributed by atoms with Gasteiger partial charge in [-0.05, 0) is 25.5 Å². The lowest BCUT2D eigenvalue weighted by molar-refractivity contribution is 0.118. The van der Waals surface area contributed by atoms with E-state index >= 15 is 0 Å². The van der Waals surface area contributed by atoms with Crippen LogP contribution in [0.2, 0.25) is 0 Å². The van der Waals surface area contributed by atoms with Crippen LogP contribution in [0.4, 0.5) is 0 Å². The molecule has 0 saturated carbocycles. The normalized spacial score (nSPS) is 23.4. The Morgan fingerprint density at radius 3 is 2.35 bits per heavy atom. The molecule has 2 N–H and O–H groups in total. The van der Waals surface area contributed by atoms with Gasteiger partial charge in [-0.1, -0.05) is 0 Å². The lowest BCUT2D eigenvalue weighted by Gasteiger charge is -2.23. The van der Waals surface area contributed by atoms with Crippen molar-refractivity contribution in [1.82, 2.24) is 0 Å². The molecule has 20 heavy (non-hydrogen) atoms. The molecule has 0 bridgehead atoms. The Hall–Kier alpha value is -1.46. The molecule has 5 nitrogen and oxygen atoms in total. The van der Waals surface area contributed by atoms with Crippen molar-refractivity contribution in [2.75, 3.05) is 27.9 Å². The highest BCUT2D eigenvalue weighted by Crippen LogP contribution is 2.44. The van der Waals surface area contributed by atoms with Crippen LogP contribution in [0.15, 0.2) is 12.1 Å². The first-order valence-corrected chi connectivity index (χ1v) is 6.78. The molecule has 1 aromatic carbocycles. The summed E-state index contributed by atoms with van der Waals surface area (Å²) in [4.78, 5) is 0. The highest BCUT2D eigenvalue weighted by molar-refractivity contribution is 5.56. The van der Waals surface area contributed by atoms with E-state index in [1.165, 1.54) is 0 Å². The first kappa shape index (κ1) is 14.9. The molecule has 2 rings (SSSR count). The summed E-state index contributed by atoms with van der Waals surface area (Å²) < 4.78 is 21.8. The van der Waals surface area contributed by atoms with E-state index in [-0.39, 0.29) is 18.1 Å². The van der Waals surface area contributed by atoms with Crippen molar-refractivity contribution in [2.24, 2.45) is 11.7 Å². The predicted octanol–water partition coefficient (Wildman–Crippen LogP) is 2.14. The first-order chi connectivity index (χ1) is 9.62. The van der Waals surface area contributed by atoms with E-state index in [2.05, 4.69) is 6.92 Å². The Balaban J connectivity index is 2.35.